The highest BCUT2D eigenvalue weighted by Crippen LogP contribution is 2.05. The molecule has 3 N–H and O–H groups in total. The van der Waals surface area contributed by atoms with Crippen molar-refractivity contribution in [1.29, 1.82) is 0 Å². The molecule has 0 atom stereocenters. The van der Waals surface area contributed by atoms with Crippen LogP contribution in [-0.4, -0.2) is 27.2 Å². The van der Waals surface area contributed by atoms with Gasteiger partial charge in [0.05, 0.1) is 0 Å². The second kappa shape index (κ2) is 6.81. The zero-order valence-electron chi connectivity index (χ0n) is 11.0. The van der Waals surface area contributed by atoms with Gasteiger partial charge in [-0.25, -0.2) is 0 Å². The number of nitrogens with one attached hydrogen (secondary N) is 1. The number of amides is 1. The Kier molecular flexibility index (Phi) is 4.84. The van der Waals surface area contributed by atoms with Crippen LogP contribution in [0.5, 0.6) is 0 Å². The van der Waals surface area contributed by atoms with Crippen molar-refractivity contribution in [2.45, 2.75) is 13.0 Å². The van der Waals surface area contributed by atoms with Gasteiger partial charge in [-0.15, -0.1) is 0 Å². The number of aromatic nitrogens is 2. The first kappa shape index (κ1) is 14.2. The Morgan fingerprint density at radius 3 is 2.85 bits per heavy atom. The SMILES string of the molecule is NC(=S)c1cccc(C(=O)NCCCn2cccn2)c1. The van der Waals surface area contributed by atoms with Gasteiger partial charge in [-0.05, 0) is 24.6 Å². The van der Waals surface area contributed by atoms with E-state index in [1.54, 1.807) is 30.5 Å². The van der Waals surface area contributed by atoms with Crippen molar-refractivity contribution in [3.8, 4) is 0 Å². The summed E-state index contributed by atoms with van der Waals surface area (Å²) < 4.78 is 1.83. The number of carbonyl (C=O) groups is 1. The number of benzene rings is 1. The minimum atomic E-state index is -0.122. The zero-order chi connectivity index (χ0) is 14.4. The molecule has 5 nitrogen and oxygen atoms in total. The van der Waals surface area contributed by atoms with Crippen LogP contribution in [0, 0.1) is 0 Å². The third kappa shape index (κ3) is 3.89. The summed E-state index contributed by atoms with van der Waals surface area (Å²) >= 11 is 4.90. The Labute approximate surface area is 122 Å². The van der Waals surface area contributed by atoms with Crippen molar-refractivity contribution in [3.05, 3.63) is 53.9 Å². The summed E-state index contributed by atoms with van der Waals surface area (Å²) in [5.41, 5.74) is 6.81. The lowest BCUT2D eigenvalue weighted by Gasteiger charge is -2.06. The predicted octanol–water partition coefficient (Wildman–Crippen LogP) is 1.34. The van der Waals surface area contributed by atoms with Gasteiger partial charge in [0.2, 0.25) is 0 Å². The van der Waals surface area contributed by atoms with Gasteiger partial charge < -0.3 is 11.1 Å². The van der Waals surface area contributed by atoms with Gasteiger partial charge in [0.25, 0.3) is 5.91 Å². The van der Waals surface area contributed by atoms with Gasteiger partial charge in [0.15, 0.2) is 0 Å². The lowest BCUT2D eigenvalue weighted by molar-refractivity contribution is 0.0952. The number of carbonyl (C=O) groups excluding carboxylic acids is 1. The zero-order valence-corrected chi connectivity index (χ0v) is 11.8. The molecule has 20 heavy (non-hydrogen) atoms. The van der Waals surface area contributed by atoms with Crippen molar-refractivity contribution < 1.29 is 4.79 Å². The first-order valence-electron chi connectivity index (χ1n) is 6.32. The van der Waals surface area contributed by atoms with Gasteiger partial charge >= 0.3 is 0 Å². The second-order valence-electron chi connectivity index (χ2n) is 4.32. The van der Waals surface area contributed by atoms with Crippen LogP contribution in [0.3, 0.4) is 0 Å². The third-order valence-electron chi connectivity index (χ3n) is 2.82. The van der Waals surface area contributed by atoms with Gasteiger partial charge in [0.1, 0.15) is 4.99 Å². The number of hydrogen-bond acceptors (Lipinski definition) is 3. The molecule has 0 aliphatic carbocycles. The molecule has 0 spiro atoms. The molecule has 2 rings (SSSR count). The van der Waals surface area contributed by atoms with E-state index < -0.39 is 0 Å². The predicted molar refractivity (Wildman–Crippen MR) is 81.5 cm³/mol. The van der Waals surface area contributed by atoms with Crippen molar-refractivity contribution in [2.75, 3.05) is 6.54 Å². The molecule has 1 heterocycles. The number of rotatable bonds is 6. The molecule has 0 aliphatic rings. The lowest BCUT2D eigenvalue weighted by Crippen LogP contribution is -2.25. The molecule has 0 saturated heterocycles. The Morgan fingerprint density at radius 2 is 2.15 bits per heavy atom. The average Bonchev–Trinajstić information content (AvgIpc) is 2.96. The second-order valence-corrected chi connectivity index (χ2v) is 4.76. The summed E-state index contributed by atoms with van der Waals surface area (Å²) in [6.45, 7) is 1.37. The van der Waals surface area contributed by atoms with Gasteiger partial charge in [0, 0.05) is 36.6 Å². The fraction of sp³-hybridized carbons (Fsp3) is 0.214. The molecule has 104 valence electrons. The number of nitrogens with zero attached hydrogens (tertiary/aromatic N) is 2. The highest BCUT2D eigenvalue weighted by molar-refractivity contribution is 7.80. The normalized spacial score (nSPS) is 10.2. The van der Waals surface area contributed by atoms with Crippen LogP contribution in [0.2, 0.25) is 0 Å². The van der Waals surface area contributed by atoms with Gasteiger partial charge in [-0.3, -0.25) is 9.48 Å². The molecule has 0 fully saturated rings. The molecule has 6 heteroatoms. The summed E-state index contributed by atoms with van der Waals surface area (Å²) in [5.74, 6) is -0.122. The van der Waals surface area contributed by atoms with E-state index in [-0.39, 0.29) is 5.91 Å². The maximum atomic E-state index is 12.0. The van der Waals surface area contributed by atoms with Crippen LogP contribution < -0.4 is 11.1 Å². The van der Waals surface area contributed by atoms with E-state index in [0.29, 0.717) is 22.7 Å². The Hall–Kier alpha value is -2.21. The molecule has 1 aromatic heterocycles. The Balaban J connectivity index is 1.82. The molecule has 0 saturated carbocycles. The fourth-order valence-corrected chi connectivity index (χ4v) is 1.92. The Bertz CT molecular complexity index is 595. The molecule has 0 radical (unpaired) electrons. The smallest absolute Gasteiger partial charge is 0.251 e. The highest BCUT2D eigenvalue weighted by Gasteiger charge is 2.06. The monoisotopic (exact) mass is 288 g/mol. The van der Waals surface area contributed by atoms with Crippen LogP contribution in [-0.2, 0) is 6.54 Å². The largest absolute Gasteiger partial charge is 0.389 e. The molecule has 0 unspecified atom stereocenters. The van der Waals surface area contributed by atoms with Gasteiger partial charge in [-0.2, -0.15) is 5.10 Å². The molecule has 1 aromatic carbocycles. The average molecular weight is 288 g/mol. The number of thiocarbonyl (C=S) groups is 1. The molecule has 0 bridgehead atoms. The lowest BCUT2D eigenvalue weighted by atomic mass is 10.1. The fourth-order valence-electron chi connectivity index (χ4n) is 1.79. The number of hydrogen-bond donors (Lipinski definition) is 2. The van der Waals surface area contributed by atoms with Crippen molar-refractivity contribution in [1.82, 2.24) is 15.1 Å². The van der Waals surface area contributed by atoms with Crippen LogP contribution in [0.25, 0.3) is 0 Å². The third-order valence-corrected chi connectivity index (χ3v) is 3.05. The van der Waals surface area contributed by atoms with E-state index >= 15 is 0 Å². The standard InChI is InChI=1S/C14H16N4OS/c15-13(20)11-4-1-5-12(10-11)14(19)16-6-2-8-18-9-3-7-17-18/h1,3-5,7,9-10H,2,6,8H2,(H2,15,20)(H,16,19). The van der Waals surface area contributed by atoms with Crippen LogP contribution in [0.1, 0.15) is 22.3 Å². The molecule has 0 aliphatic heterocycles. The summed E-state index contributed by atoms with van der Waals surface area (Å²) in [7, 11) is 0. The molecular formula is C14H16N4OS. The van der Waals surface area contributed by atoms with Crippen molar-refractivity contribution >= 4 is 23.1 Å². The first-order valence-corrected chi connectivity index (χ1v) is 6.73. The molecular weight excluding hydrogens is 272 g/mol. The summed E-state index contributed by atoms with van der Waals surface area (Å²) in [5, 5.41) is 6.96. The highest BCUT2D eigenvalue weighted by atomic mass is 32.1. The maximum absolute atomic E-state index is 12.0. The Morgan fingerprint density at radius 1 is 1.35 bits per heavy atom. The quantitative estimate of drug-likeness (QED) is 0.621. The first-order chi connectivity index (χ1) is 9.66. The van der Waals surface area contributed by atoms with Crippen molar-refractivity contribution in [3.63, 3.8) is 0 Å². The van der Waals surface area contributed by atoms with E-state index in [0.717, 1.165) is 13.0 Å². The summed E-state index contributed by atoms with van der Waals surface area (Å²) in [6.07, 6.45) is 4.45. The van der Waals surface area contributed by atoms with E-state index in [4.69, 9.17) is 18.0 Å². The molecule has 2 aromatic rings. The van der Waals surface area contributed by atoms with Gasteiger partial charge in [-0.1, -0.05) is 24.4 Å². The van der Waals surface area contributed by atoms with E-state index in [2.05, 4.69) is 10.4 Å². The maximum Gasteiger partial charge on any atom is 0.251 e. The minimum absolute atomic E-state index is 0.122. The number of aryl methyl sites for hydroxylation is 1. The summed E-state index contributed by atoms with van der Waals surface area (Å²) in [6, 6.07) is 8.87. The van der Waals surface area contributed by atoms with Crippen LogP contribution in [0.4, 0.5) is 0 Å². The van der Waals surface area contributed by atoms with E-state index in [9.17, 15) is 4.79 Å². The van der Waals surface area contributed by atoms with Crippen LogP contribution >= 0.6 is 12.2 Å². The van der Waals surface area contributed by atoms with Crippen molar-refractivity contribution in [2.24, 2.45) is 5.73 Å². The topological polar surface area (TPSA) is 72.9 Å². The number of nitrogens with two attached hydrogens (primary N) is 1. The van der Waals surface area contributed by atoms with Crippen LogP contribution in [0.15, 0.2) is 42.7 Å². The van der Waals surface area contributed by atoms with E-state index in [1.807, 2.05) is 16.9 Å². The minimum Gasteiger partial charge on any atom is -0.389 e. The van der Waals surface area contributed by atoms with E-state index in [1.165, 1.54) is 0 Å². The molecule has 1 amide bonds. The summed E-state index contributed by atoms with van der Waals surface area (Å²) in [4.78, 5) is 12.3.